The Bertz CT molecular complexity index is 663. The highest BCUT2D eigenvalue weighted by molar-refractivity contribution is 8.18. The van der Waals surface area contributed by atoms with Gasteiger partial charge in [0.05, 0.1) is 16.3 Å². The molecule has 0 aromatic rings. The molecule has 148 valence electrons. The summed E-state index contributed by atoms with van der Waals surface area (Å²) in [7, 11) is 2.08. The maximum Gasteiger partial charge on any atom is 0.265 e. The topological polar surface area (TPSA) is 59.8 Å². The third kappa shape index (κ3) is 6.09. The van der Waals surface area contributed by atoms with E-state index >= 15 is 0 Å². The van der Waals surface area contributed by atoms with Gasteiger partial charge in [0.15, 0.2) is 0 Å². The first-order valence-electron chi connectivity index (χ1n) is 9.99. The van der Waals surface area contributed by atoms with Gasteiger partial charge in [0.25, 0.3) is 5.91 Å². The maximum atomic E-state index is 13.0. The van der Waals surface area contributed by atoms with E-state index in [1.807, 2.05) is 18.4 Å². The highest BCUT2D eigenvalue weighted by Crippen LogP contribution is 2.35. The lowest BCUT2D eigenvalue weighted by molar-refractivity contribution is -0.122. The van der Waals surface area contributed by atoms with Crippen LogP contribution in [0.1, 0.15) is 58.8 Å². The summed E-state index contributed by atoms with van der Waals surface area (Å²) >= 11 is 1.44. The minimum Gasteiger partial charge on any atom is -0.374 e. The Hall–Kier alpha value is -1.82. The highest BCUT2D eigenvalue weighted by atomic mass is 32.2. The number of thioether (sulfide) groups is 1. The van der Waals surface area contributed by atoms with Crippen LogP contribution in [0.3, 0.4) is 0 Å². The summed E-state index contributed by atoms with van der Waals surface area (Å²) in [4.78, 5) is 21.9. The van der Waals surface area contributed by atoms with E-state index < -0.39 is 0 Å². The summed E-state index contributed by atoms with van der Waals surface area (Å²) in [6, 6.07) is 0. The van der Waals surface area contributed by atoms with Crippen molar-refractivity contribution in [1.29, 1.82) is 5.41 Å². The van der Waals surface area contributed by atoms with Crippen molar-refractivity contribution in [2.75, 3.05) is 20.1 Å². The molecule has 0 unspecified atom stereocenters. The molecule has 0 spiro atoms. The summed E-state index contributed by atoms with van der Waals surface area (Å²) < 4.78 is 0. The molecule has 0 aromatic heterocycles. The second kappa shape index (κ2) is 11.1. The number of hydrogen-bond acceptors (Lipinski definition) is 5. The van der Waals surface area contributed by atoms with Crippen molar-refractivity contribution in [2.24, 2.45) is 4.99 Å². The van der Waals surface area contributed by atoms with Crippen molar-refractivity contribution in [3.05, 3.63) is 34.5 Å². The Balaban J connectivity index is 2.13. The van der Waals surface area contributed by atoms with Crippen molar-refractivity contribution in [2.45, 2.75) is 58.8 Å². The molecule has 2 rings (SSSR count). The van der Waals surface area contributed by atoms with E-state index in [0.717, 1.165) is 48.5 Å². The minimum absolute atomic E-state index is 0.0882. The van der Waals surface area contributed by atoms with Crippen LogP contribution in [0.15, 0.2) is 39.5 Å². The number of fused-ring (bicyclic) bond motifs is 2. The van der Waals surface area contributed by atoms with E-state index in [1.54, 1.807) is 0 Å². The van der Waals surface area contributed by atoms with Crippen LogP contribution >= 0.6 is 11.8 Å². The number of hydrogen-bond donors (Lipinski definition) is 1. The molecule has 0 fully saturated rings. The molecule has 27 heavy (non-hydrogen) atoms. The Labute approximate surface area is 167 Å². The third-order valence-corrected chi connectivity index (χ3v) is 5.75. The lowest BCUT2D eigenvalue weighted by atomic mass is 10.1. The molecule has 0 aliphatic carbocycles. The van der Waals surface area contributed by atoms with Crippen LogP contribution in [-0.4, -0.2) is 47.2 Å². The molecule has 2 heterocycles. The van der Waals surface area contributed by atoms with Gasteiger partial charge < -0.3 is 4.90 Å². The predicted octanol–water partition coefficient (Wildman–Crippen LogP) is 4.93. The average Bonchev–Trinajstić information content (AvgIpc) is 2.81. The monoisotopic (exact) mass is 388 g/mol. The number of allylic oxidation sites excluding steroid dienone is 3. The van der Waals surface area contributed by atoms with Gasteiger partial charge in [-0.3, -0.25) is 20.1 Å². The van der Waals surface area contributed by atoms with Gasteiger partial charge in [0.1, 0.15) is 0 Å². The van der Waals surface area contributed by atoms with Crippen LogP contribution in [0.5, 0.6) is 0 Å². The maximum absolute atomic E-state index is 13.0. The van der Waals surface area contributed by atoms with Crippen LogP contribution in [0.25, 0.3) is 0 Å². The number of aliphatic imine (C=N–C) groups is 1. The van der Waals surface area contributed by atoms with E-state index in [9.17, 15) is 4.79 Å². The average molecular weight is 389 g/mol. The van der Waals surface area contributed by atoms with Crippen molar-refractivity contribution < 1.29 is 4.79 Å². The van der Waals surface area contributed by atoms with E-state index in [4.69, 9.17) is 5.41 Å². The summed E-state index contributed by atoms with van der Waals surface area (Å²) in [5, 5.41) is 8.62. The van der Waals surface area contributed by atoms with Gasteiger partial charge in [-0.2, -0.15) is 0 Å². The molecule has 1 amide bonds. The Morgan fingerprint density at radius 3 is 2.70 bits per heavy atom. The first kappa shape index (κ1) is 21.5. The molecular weight excluding hydrogens is 356 g/mol. The first-order valence-corrected chi connectivity index (χ1v) is 10.8. The quantitative estimate of drug-likeness (QED) is 0.310. The molecule has 0 radical (unpaired) electrons. The van der Waals surface area contributed by atoms with Crippen molar-refractivity contribution in [1.82, 2.24) is 9.80 Å². The number of amides is 1. The van der Waals surface area contributed by atoms with E-state index in [0.29, 0.717) is 11.4 Å². The number of nitrogens with one attached hydrogen (secondary N) is 1. The van der Waals surface area contributed by atoms with Gasteiger partial charge in [-0.05, 0) is 30.6 Å². The minimum atomic E-state index is -0.0882. The van der Waals surface area contributed by atoms with Crippen LogP contribution in [0.4, 0.5) is 0 Å². The van der Waals surface area contributed by atoms with Gasteiger partial charge in [0, 0.05) is 38.5 Å². The molecule has 5 nitrogen and oxygen atoms in total. The third-order valence-electron chi connectivity index (χ3n) is 4.76. The van der Waals surface area contributed by atoms with Crippen molar-refractivity contribution in [3.63, 3.8) is 0 Å². The number of nitrogens with zero attached hydrogens (tertiary/aromatic N) is 3. The van der Waals surface area contributed by atoms with E-state index in [1.165, 1.54) is 42.3 Å². The Morgan fingerprint density at radius 1 is 1.22 bits per heavy atom. The smallest absolute Gasteiger partial charge is 0.265 e. The van der Waals surface area contributed by atoms with Gasteiger partial charge in [0.2, 0.25) is 0 Å². The first-order chi connectivity index (χ1) is 13.1. The largest absolute Gasteiger partial charge is 0.374 e. The number of likely N-dealkylation sites (N-methyl/N-ethyl adjacent to an activating group) is 1. The number of rotatable bonds is 11. The van der Waals surface area contributed by atoms with Crippen molar-refractivity contribution in [3.8, 4) is 0 Å². The molecule has 6 heteroatoms. The molecule has 0 aromatic carbocycles. The standard InChI is InChI=1S/C21H32N4OS/c1-4-6-7-8-9-13-25(16-22)21(26)19-14-17-15-20(27-19)23-11-10-18(17)24(3)12-5-2/h10-11,14,16,22H,4-9,12-13,15H2,1-3H3. The lowest BCUT2D eigenvalue weighted by Crippen LogP contribution is -2.32. The summed E-state index contributed by atoms with van der Waals surface area (Å²) in [5.74, 6) is -0.0882. The molecule has 2 aliphatic rings. The predicted molar refractivity (Wildman–Crippen MR) is 116 cm³/mol. The zero-order valence-electron chi connectivity index (χ0n) is 16.8. The van der Waals surface area contributed by atoms with Crippen LogP contribution in [0, 0.1) is 5.41 Å². The van der Waals surface area contributed by atoms with E-state index in [2.05, 4.69) is 30.8 Å². The number of carbonyl (C=O) groups is 1. The second-order valence-electron chi connectivity index (χ2n) is 7.00. The SMILES string of the molecule is CCCCCCCN(C=N)C(=O)C1=CC2=C(N(C)CCC)C=CN=C(C2)S1. The second-order valence-corrected chi connectivity index (χ2v) is 8.12. The summed E-state index contributed by atoms with van der Waals surface area (Å²) in [6.45, 7) is 5.93. The zero-order valence-corrected chi connectivity index (χ0v) is 17.6. The molecule has 1 N–H and O–H groups in total. The van der Waals surface area contributed by atoms with Crippen LogP contribution in [0.2, 0.25) is 0 Å². The fourth-order valence-corrected chi connectivity index (χ4v) is 4.29. The summed E-state index contributed by atoms with van der Waals surface area (Å²) in [5.41, 5.74) is 2.26. The van der Waals surface area contributed by atoms with Crippen LogP contribution in [-0.2, 0) is 4.79 Å². The molecule has 0 saturated heterocycles. The van der Waals surface area contributed by atoms with Gasteiger partial charge >= 0.3 is 0 Å². The van der Waals surface area contributed by atoms with Gasteiger partial charge in [-0.1, -0.05) is 51.3 Å². The van der Waals surface area contributed by atoms with Gasteiger partial charge in [-0.25, -0.2) is 0 Å². The lowest BCUT2D eigenvalue weighted by Gasteiger charge is -2.25. The fraction of sp³-hybridized carbons (Fsp3) is 0.571. The highest BCUT2D eigenvalue weighted by Gasteiger charge is 2.26. The summed E-state index contributed by atoms with van der Waals surface area (Å²) in [6.07, 6.45) is 14.5. The van der Waals surface area contributed by atoms with Crippen LogP contribution < -0.4 is 0 Å². The Kier molecular flexibility index (Phi) is 8.85. The molecular formula is C21H32N4OS. The molecule has 2 aliphatic heterocycles. The van der Waals surface area contributed by atoms with E-state index in [-0.39, 0.29) is 5.91 Å². The molecule has 0 atom stereocenters. The number of unbranched alkanes of at least 4 members (excludes halogenated alkanes) is 4. The molecule has 0 saturated carbocycles. The zero-order chi connectivity index (χ0) is 19.6. The fourth-order valence-electron chi connectivity index (χ4n) is 3.28. The Morgan fingerprint density at radius 2 is 2.00 bits per heavy atom. The normalized spacial score (nSPS) is 15.8. The van der Waals surface area contributed by atoms with Crippen molar-refractivity contribution >= 4 is 29.1 Å². The van der Waals surface area contributed by atoms with Gasteiger partial charge in [-0.15, -0.1) is 0 Å². The molecule has 2 bridgehead atoms. The number of carbonyl (C=O) groups excluding carboxylic acids is 1.